The highest BCUT2D eigenvalue weighted by Gasteiger charge is 2.22. The molecule has 1 aliphatic rings. The molecule has 1 aromatic carbocycles. The smallest absolute Gasteiger partial charge is 0.404 e. The highest BCUT2D eigenvalue weighted by Crippen LogP contribution is 2.28. The van der Waals surface area contributed by atoms with E-state index in [0.717, 1.165) is 36.8 Å². The number of halogens is 1. The van der Waals surface area contributed by atoms with Crippen molar-refractivity contribution in [2.24, 2.45) is 17.6 Å². The maximum absolute atomic E-state index is 12.7. The standard InChI is InChI=1S/C22H27ClN4O3/c23-19-13-25-20(17-7-5-14(10-24)6-8-17)9-18(19)21(28)26-11-15-1-3-16(4-2-15)12-27-22(29)30/h5-9,13,15-16,27H,1-4,10-12,24H2,(H,26,28)(H,29,30)/t15-,16-. The van der Waals surface area contributed by atoms with Gasteiger partial charge in [0, 0.05) is 31.4 Å². The molecule has 3 rings (SSSR count). The van der Waals surface area contributed by atoms with Crippen molar-refractivity contribution < 1.29 is 14.7 Å². The Balaban J connectivity index is 1.56. The van der Waals surface area contributed by atoms with Crippen molar-refractivity contribution in [1.82, 2.24) is 15.6 Å². The normalized spacial score (nSPS) is 18.6. The van der Waals surface area contributed by atoms with E-state index in [1.807, 2.05) is 24.3 Å². The van der Waals surface area contributed by atoms with Gasteiger partial charge in [-0.2, -0.15) is 0 Å². The second-order valence-electron chi connectivity index (χ2n) is 7.73. The van der Waals surface area contributed by atoms with Gasteiger partial charge in [-0.1, -0.05) is 35.9 Å². The molecule has 0 unspecified atom stereocenters. The molecule has 0 spiro atoms. The zero-order valence-corrected chi connectivity index (χ0v) is 17.5. The summed E-state index contributed by atoms with van der Waals surface area (Å²) in [7, 11) is 0. The van der Waals surface area contributed by atoms with E-state index in [1.165, 1.54) is 6.20 Å². The van der Waals surface area contributed by atoms with E-state index in [9.17, 15) is 9.59 Å². The molecule has 1 saturated carbocycles. The fraction of sp³-hybridized carbons (Fsp3) is 0.409. The van der Waals surface area contributed by atoms with Gasteiger partial charge in [-0.15, -0.1) is 0 Å². The van der Waals surface area contributed by atoms with E-state index in [0.29, 0.717) is 47.8 Å². The molecule has 0 atom stereocenters. The van der Waals surface area contributed by atoms with E-state index >= 15 is 0 Å². The third-order valence-electron chi connectivity index (χ3n) is 5.64. The predicted molar refractivity (Wildman–Crippen MR) is 116 cm³/mol. The van der Waals surface area contributed by atoms with Gasteiger partial charge in [0.1, 0.15) is 0 Å². The summed E-state index contributed by atoms with van der Waals surface area (Å²) in [5.41, 5.74) is 8.65. The van der Waals surface area contributed by atoms with Crippen molar-refractivity contribution in [3.05, 3.63) is 52.7 Å². The minimum absolute atomic E-state index is 0.211. The molecule has 1 aromatic heterocycles. The first kappa shape index (κ1) is 22.1. The fourth-order valence-corrected chi connectivity index (χ4v) is 3.97. The van der Waals surface area contributed by atoms with Gasteiger partial charge in [0.05, 0.1) is 16.3 Å². The van der Waals surface area contributed by atoms with Crippen molar-refractivity contribution >= 4 is 23.6 Å². The van der Waals surface area contributed by atoms with Crippen LogP contribution in [0.5, 0.6) is 0 Å². The lowest BCUT2D eigenvalue weighted by molar-refractivity contribution is 0.0941. The zero-order valence-electron chi connectivity index (χ0n) is 16.7. The molecule has 1 fully saturated rings. The van der Waals surface area contributed by atoms with Gasteiger partial charge < -0.3 is 21.5 Å². The van der Waals surface area contributed by atoms with Gasteiger partial charge in [0.2, 0.25) is 0 Å². The molecular weight excluding hydrogens is 404 g/mol. The van der Waals surface area contributed by atoms with Gasteiger partial charge in [-0.25, -0.2) is 4.79 Å². The summed E-state index contributed by atoms with van der Waals surface area (Å²) >= 11 is 6.23. The van der Waals surface area contributed by atoms with Gasteiger partial charge in [0.25, 0.3) is 5.91 Å². The molecular formula is C22H27ClN4O3. The predicted octanol–water partition coefficient (Wildman–Crippen LogP) is 3.66. The number of nitrogens with zero attached hydrogens (tertiary/aromatic N) is 1. The summed E-state index contributed by atoms with van der Waals surface area (Å²) in [6, 6.07) is 9.44. The van der Waals surface area contributed by atoms with E-state index in [2.05, 4.69) is 15.6 Å². The molecule has 7 nitrogen and oxygen atoms in total. The second-order valence-corrected chi connectivity index (χ2v) is 8.14. The average Bonchev–Trinajstić information content (AvgIpc) is 2.77. The Morgan fingerprint density at radius 1 is 1.07 bits per heavy atom. The van der Waals surface area contributed by atoms with Crippen LogP contribution in [-0.4, -0.2) is 35.2 Å². The summed E-state index contributed by atoms with van der Waals surface area (Å²) in [4.78, 5) is 27.7. The first-order chi connectivity index (χ1) is 14.5. The van der Waals surface area contributed by atoms with Crippen LogP contribution in [0.1, 0.15) is 41.6 Å². The van der Waals surface area contributed by atoms with Crippen LogP contribution in [0.2, 0.25) is 5.02 Å². The lowest BCUT2D eigenvalue weighted by atomic mass is 9.82. The Labute approximate surface area is 181 Å². The van der Waals surface area contributed by atoms with Crippen molar-refractivity contribution in [3.8, 4) is 11.3 Å². The van der Waals surface area contributed by atoms with Crippen LogP contribution in [0.3, 0.4) is 0 Å². The summed E-state index contributed by atoms with van der Waals surface area (Å²) in [6.07, 6.45) is 4.38. The molecule has 0 saturated heterocycles. The fourth-order valence-electron chi connectivity index (χ4n) is 3.79. The highest BCUT2D eigenvalue weighted by atomic mass is 35.5. The van der Waals surface area contributed by atoms with Crippen molar-refractivity contribution in [1.29, 1.82) is 0 Å². The second kappa shape index (κ2) is 10.4. The number of hydrogen-bond acceptors (Lipinski definition) is 4. The van der Waals surface area contributed by atoms with Crippen LogP contribution in [0.15, 0.2) is 36.5 Å². The van der Waals surface area contributed by atoms with Crippen molar-refractivity contribution in [2.75, 3.05) is 13.1 Å². The molecule has 2 aromatic rings. The molecule has 1 aliphatic carbocycles. The molecule has 8 heteroatoms. The average molecular weight is 431 g/mol. The number of carbonyl (C=O) groups excluding carboxylic acids is 1. The number of hydrogen-bond donors (Lipinski definition) is 4. The van der Waals surface area contributed by atoms with E-state index in [4.69, 9.17) is 22.4 Å². The molecule has 30 heavy (non-hydrogen) atoms. The molecule has 160 valence electrons. The van der Waals surface area contributed by atoms with Gasteiger partial charge in [-0.3, -0.25) is 9.78 Å². The van der Waals surface area contributed by atoms with Crippen LogP contribution >= 0.6 is 11.6 Å². The van der Waals surface area contributed by atoms with Gasteiger partial charge >= 0.3 is 6.09 Å². The third kappa shape index (κ3) is 5.93. The Morgan fingerprint density at radius 3 is 2.23 bits per heavy atom. The molecule has 2 amide bonds. The first-order valence-electron chi connectivity index (χ1n) is 10.2. The summed E-state index contributed by atoms with van der Waals surface area (Å²) in [6.45, 7) is 1.55. The van der Waals surface area contributed by atoms with Crippen LogP contribution in [0.25, 0.3) is 11.3 Å². The van der Waals surface area contributed by atoms with Crippen LogP contribution in [0, 0.1) is 11.8 Å². The minimum atomic E-state index is -0.978. The van der Waals surface area contributed by atoms with E-state index in [1.54, 1.807) is 6.07 Å². The lowest BCUT2D eigenvalue weighted by Gasteiger charge is -2.28. The summed E-state index contributed by atoms with van der Waals surface area (Å²) < 4.78 is 0. The van der Waals surface area contributed by atoms with Crippen LogP contribution in [0.4, 0.5) is 4.79 Å². The maximum Gasteiger partial charge on any atom is 0.404 e. The lowest BCUT2D eigenvalue weighted by Crippen LogP contribution is -2.34. The number of carboxylic acid groups (broad SMARTS) is 1. The van der Waals surface area contributed by atoms with Gasteiger partial charge in [0.15, 0.2) is 0 Å². The number of rotatable bonds is 7. The Morgan fingerprint density at radius 2 is 1.67 bits per heavy atom. The zero-order chi connectivity index (χ0) is 21.5. The molecule has 5 N–H and O–H groups in total. The van der Waals surface area contributed by atoms with E-state index < -0.39 is 6.09 Å². The quantitative estimate of drug-likeness (QED) is 0.534. The number of pyridine rings is 1. The third-order valence-corrected chi connectivity index (χ3v) is 5.95. The Hall–Kier alpha value is -2.64. The number of aromatic nitrogens is 1. The molecule has 0 radical (unpaired) electrons. The van der Waals surface area contributed by atoms with Gasteiger partial charge in [-0.05, 0) is 49.1 Å². The highest BCUT2D eigenvalue weighted by molar-refractivity contribution is 6.33. The van der Waals surface area contributed by atoms with E-state index in [-0.39, 0.29) is 5.91 Å². The topological polar surface area (TPSA) is 117 Å². The maximum atomic E-state index is 12.7. The molecule has 0 bridgehead atoms. The summed E-state index contributed by atoms with van der Waals surface area (Å²) in [5, 5.41) is 14.5. The number of nitrogens with two attached hydrogens (primary N) is 1. The Bertz CT molecular complexity index is 880. The molecule has 0 aliphatic heterocycles. The number of benzene rings is 1. The number of amides is 2. The molecule has 1 heterocycles. The first-order valence-corrected chi connectivity index (χ1v) is 10.5. The number of carbonyl (C=O) groups is 2. The van der Waals surface area contributed by atoms with Crippen LogP contribution < -0.4 is 16.4 Å². The summed E-state index contributed by atoms with van der Waals surface area (Å²) in [5.74, 6) is 0.548. The minimum Gasteiger partial charge on any atom is -0.465 e. The number of nitrogens with one attached hydrogen (secondary N) is 2. The largest absolute Gasteiger partial charge is 0.465 e. The van der Waals surface area contributed by atoms with Crippen LogP contribution in [-0.2, 0) is 6.54 Å². The monoisotopic (exact) mass is 430 g/mol. The Kier molecular flexibility index (Phi) is 7.65. The SMILES string of the molecule is NCc1ccc(-c2cc(C(=O)NC[C@H]3CC[C@H](CNC(=O)O)CC3)c(Cl)cn2)cc1. The van der Waals surface area contributed by atoms with Crippen molar-refractivity contribution in [2.45, 2.75) is 32.2 Å². The van der Waals surface area contributed by atoms with Crippen molar-refractivity contribution in [3.63, 3.8) is 0 Å².